The second-order valence-electron chi connectivity index (χ2n) is 4.51. The number of carboxylic acids is 1. The molecule has 0 radical (unpaired) electrons. The SMILES string of the molecule is O=C(O)CCN1CCOC(c2ccc(O)cc2F)C1. The van der Waals surface area contributed by atoms with Crippen molar-refractivity contribution >= 4 is 5.97 Å². The van der Waals surface area contributed by atoms with E-state index in [-0.39, 0.29) is 12.2 Å². The molecule has 0 bridgehead atoms. The summed E-state index contributed by atoms with van der Waals surface area (Å²) in [5, 5.41) is 17.8. The molecule has 1 aromatic carbocycles. The Morgan fingerprint density at radius 2 is 2.32 bits per heavy atom. The molecule has 1 unspecified atom stereocenters. The lowest BCUT2D eigenvalue weighted by molar-refractivity contribution is -0.137. The van der Waals surface area contributed by atoms with Crippen LogP contribution in [0.2, 0.25) is 0 Å². The maximum atomic E-state index is 13.7. The van der Waals surface area contributed by atoms with Gasteiger partial charge in [-0.2, -0.15) is 0 Å². The van der Waals surface area contributed by atoms with Gasteiger partial charge in [0.15, 0.2) is 0 Å². The third kappa shape index (κ3) is 3.65. The van der Waals surface area contributed by atoms with E-state index in [9.17, 15) is 14.3 Å². The molecule has 1 heterocycles. The first-order chi connectivity index (χ1) is 9.06. The highest BCUT2D eigenvalue weighted by Crippen LogP contribution is 2.26. The maximum absolute atomic E-state index is 13.7. The summed E-state index contributed by atoms with van der Waals surface area (Å²) in [5.74, 6) is -1.48. The van der Waals surface area contributed by atoms with Gasteiger partial charge in [0.05, 0.1) is 19.1 Å². The minimum absolute atomic E-state index is 0.0603. The molecule has 1 fully saturated rings. The van der Waals surface area contributed by atoms with Crippen molar-refractivity contribution in [2.75, 3.05) is 26.2 Å². The fourth-order valence-corrected chi connectivity index (χ4v) is 2.12. The summed E-state index contributed by atoms with van der Waals surface area (Å²) in [4.78, 5) is 12.5. The lowest BCUT2D eigenvalue weighted by Crippen LogP contribution is -2.39. The van der Waals surface area contributed by atoms with Crippen LogP contribution in [0.15, 0.2) is 18.2 Å². The van der Waals surface area contributed by atoms with Crippen molar-refractivity contribution in [3.8, 4) is 5.75 Å². The predicted molar refractivity (Wildman–Crippen MR) is 65.5 cm³/mol. The Labute approximate surface area is 110 Å². The van der Waals surface area contributed by atoms with Gasteiger partial charge in [-0.05, 0) is 12.1 Å². The van der Waals surface area contributed by atoms with Gasteiger partial charge in [-0.25, -0.2) is 4.39 Å². The van der Waals surface area contributed by atoms with E-state index in [1.807, 2.05) is 4.90 Å². The van der Waals surface area contributed by atoms with Gasteiger partial charge in [0, 0.05) is 31.3 Å². The Morgan fingerprint density at radius 1 is 1.53 bits per heavy atom. The maximum Gasteiger partial charge on any atom is 0.304 e. The Hall–Kier alpha value is -1.66. The third-order valence-corrected chi connectivity index (χ3v) is 3.12. The van der Waals surface area contributed by atoms with Gasteiger partial charge < -0.3 is 14.9 Å². The van der Waals surface area contributed by atoms with Crippen LogP contribution < -0.4 is 0 Å². The molecule has 2 N–H and O–H groups in total. The molecule has 1 aliphatic rings. The quantitative estimate of drug-likeness (QED) is 0.864. The van der Waals surface area contributed by atoms with Gasteiger partial charge in [0.25, 0.3) is 0 Å². The molecule has 1 aromatic rings. The zero-order valence-electron chi connectivity index (χ0n) is 10.4. The largest absolute Gasteiger partial charge is 0.508 e. The van der Waals surface area contributed by atoms with Crippen molar-refractivity contribution in [2.24, 2.45) is 0 Å². The summed E-state index contributed by atoms with van der Waals surface area (Å²) in [6, 6.07) is 3.96. The Kier molecular flexibility index (Phi) is 4.34. The highest BCUT2D eigenvalue weighted by molar-refractivity contribution is 5.66. The molecule has 0 aliphatic carbocycles. The first-order valence-corrected chi connectivity index (χ1v) is 6.10. The molecule has 0 aromatic heterocycles. The fourth-order valence-electron chi connectivity index (χ4n) is 2.12. The van der Waals surface area contributed by atoms with Gasteiger partial charge in [0.1, 0.15) is 11.6 Å². The van der Waals surface area contributed by atoms with E-state index >= 15 is 0 Å². The fraction of sp³-hybridized carbons (Fsp3) is 0.462. The normalized spacial score (nSPS) is 20.4. The number of rotatable bonds is 4. The van der Waals surface area contributed by atoms with Crippen molar-refractivity contribution in [3.05, 3.63) is 29.6 Å². The predicted octanol–water partition coefficient (Wildman–Crippen LogP) is 1.38. The summed E-state index contributed by atoms with van der Waals surface area (Å²) in [5.41, 5.74) is 0.387. The van der Waals surface area contributed by atoms with Crippen LogP contribution in [0.25, 0.3) is 0 Å². The lowest BCUT2D eigenvalue weighted by Gasteiger charge is -2.32. The Balaban J connectivity index is 2.02. The first-order valence-electron chi connectivity index (χ1n) is 6.10. The highest BCUT2D eigenvalue weighted by atomic mass is 19.1. The number of hydrogen-bond donors (Lipinski definition) is 2. The first kappa shape index (κ1) is 13.8. The average molecular weight is 269 g/mol. The number of carbonyl (C=O) groups is 1. The van der Waals surface area contributed by atoms with E-state index in [2.05, 4.69) is 0 Å². The smallest absolute Gasteiger partial charge is 0.304 e. The summed E-state index contributed by atoms with van der Waals surface area (Å²) < 4.78 is 19.2. The number of hydrogen-bond acceptors (Lipinski definition) is 4. The van der Waals surface area contributed by atoms with E-state index < -0.39 is 17.9 Å². The number of halogens is 1. The van der Waals surface area contributed by atoms with Crippen molar-refractivity contribution in [3.63, 3.8) is 0 Å². The average Bonchev–Trinajstić information content (AvgIpc) is 2.36. The van der Waals surface area contributed by atoms with Gasteiger partial charge in [-0.1, -0.05) is 0 Å². The Bertz CT molecular complexity index is 466. The van der Waals surface area contributed by atoms with Gasteiger partial charge in [-0.3, -0.25) is 9.69 Å². The molecule has 0 spiro atoms. The molecular weight excluding hydrogens is 253 g/mol. The summed E-state index contributed by atoms with van der Waals surface area (Å²) in [6.45, 7) is 1.96. The minimum Gasteiger partial charge on any atom is -0.508 e. The summed E-state index contributed by atoms with van der Waals surface area (Å²) >= 11 is 0. The van der Waals surface area contributed by atoms with E-state index in [1.165, 1.54) is 12.1 Å². The number of carboxylic acid groups (broad SMARTS) is 1. The molecule has 0 amide bonds. The summed E-state index contributed by atoms with van der Waals surface area (Å²) in [7, 11) is 0. The second kappa shape index (κ2) is 5.99. The number of aromatic hydroxyl groups is 1. The van der Waals surface area contributed by atoms with Crippen molar-refractivity contribution in [2.45, 2.75) is 12.5 Å². The van der Waals surface area contributed by atoms with Crippen molar-refractivity contribution in [1.82, 2.24) is 4.90 Å². The van der Waals surface area contributed by atoms with Crippen LogP contribution in [0.3, 0.4) is 0 Å². The number of morpholine rings is 1. The molecule has 1 atom stereocenters. The number of aliphatic carboxylic acids is 1. The Morgan fingerprint density at radius 3 is 3.00 bits per heavy atom. The lowest BCUT2D eigenvalue weighted by atomic mass is 10.1. The van der Waals surface area contributed by atoms with Crippen LogP contribution in [-0.4, -0.2) is 47.3 Å². The van der Waals surface area contributed by atoms with Crippen LogP contribution in [0.4, 0.5) is 4.39 Å². The van der Waals surface area contributed by atoms with Gasteiger partial charge in [-0.15, -0.1) is 0 Å². The van der Waals surface area contributed by atoms with Crippen LogP contribution >= 0.6 is 0 Å². The number of nitrogens with zero attached hydrogens (tertiary/aromatic N) is 1. The monoisotopic (exact) mass is 269 g/mol. The zero-order valence-corrected chi connectivity index (χ0v) is 10.4. The number of benzene rings is 1. The van der Waals surface area contributed by atoms with Gasteiger partial charge in [0.2, 0.25) is 0 Å². The number of phenols is 1. The van der Waals surface area contributed by atoms with Crippen molar-refractivity contribution in [1.29, 1.82) is 0 Å². The minimum atomic E-state index is -0.848. The van der Waals surface area contributed by atoms with E-state index in [1.54, 1.807) is 0 Å². The van der Waals surface area contributed by atoms with Crippen molar-refractivity contribution < 1.29 is 24.1 Å². The molecule has 19 heavy (non-hydrogen) atoms. The van der Waals surface area contributed by atoms with E-state index in [0.717, 1.165) is 6.07 Å². The zero-order chi connectivity index (χ0) is 13.8. The van der Waals surface area contributed by atoms with E-state index in [4.69, 9.17) is 9.84 Å². The number of phenolic OH excluding ortho intramolecular Hbond substituents is 1. The highest BCUT2D eigenvalue weighted by Gasteiger charge is 2.24. The molecule has 0 saturated carbocycles. The summed E-state index contributed by atoms with van der Waals surface area (Å²) in [6.07, 6.45) is -0.367. The van der Waals surface area contributed by atoms with E-state index in [0.29, 0.717) is 31.8 Å². The van der Waals surface area contributed by atoms with Gasteiger partial charge >= 0.3 is 5.97 Å². The topological polar surface area (TPSA) is 70.0 Å². The molecule has 1 saturated heterocycles. The molecule has 5 nitrogen and oxygen atoms in total. The standard InChI is InChI=1S/C13H16FNO4/c14-11-7-9(16)1-2-10(11)12-8-15(5-6-19-12)4-3-13(17)18/h1-2,7,12,16H,3-6,8H2,(H,17,18). The number of ether oxygens (including phenoxy) is 1. The second-order valence-corrected chi connectivity index (χ2v) is 4.51. The van der Waals surface area contributed by atoms with Crippen LogP contribution in [0, 0.1) is 5.82 Å². The molecule has 104 valence electrons. The molecule has 6 heteroatoms. The van der Waals surface area contributed by atoms with Crippen LogP contribution in [0.5, 0.6) is 5.75 Å². The third-order valence-electron chi connectivity index (χ3n) is 3.12. The van der Waals surface area contributed by atoms with Crippen LogP contribution in [-0.2, 0) is 9.53 Å². The van der Waals surface area contributed by atoms with Crippen LogP contribution in [0.1, 0.15) is 18.1 Å². The molecule has 2 rings (SSSR count). The molecular formula is C13H16FNO4. The molecule has 1 aliphatic heterocycles.